The van der Waals surface area contributed by atoms with Crippen LogP contribution in [-0.4, -0.2) is 78.5 Å². The van der Waals surface area contributed by atoms with Gasteiger partial charge in [-0.3, -0.25) is 9.59 Å². The second-order valence-corrected chi connectivity index (χ2v) is 20.0. The SMILES string of the molecule is Cc1nc(N2CCC(c3sc4nnc(-c5ccccc5O)cc4c3C)CC2c2nc(C)c(-c3ccc([C@H](C)NC=O)cc3)s2)ccc1-c1noc([C@H](C(=O)N2CC[C@@H](O)C2)C(C)C)c1Cl. The van der Waals surface area contributed by atoms with Crippen LogP contribution in [0.15, 0.2) is 71.3 Å². The third-order valence-corrected chi connectivity index (χ3v) is 16.0. The number of thiazole rings is 1. The average Bonchev–Trinajstić information content (AvgIpc) is 4.09. The van der Waals surface area contributed by atoms with Crippen LogP contribution in [0.3, 0.4) is 0 Å². The number of pyridine rings is 1. The molecule has 0 bridgehead atoms. The molecule has 2 fully saturated rings. The summed E-state index contributed by atoms with van der Waals surface area (Å²) in [6.07, 6.45) is 2.39. The summed E-state index contributed by atoms with van der Waals surface area (Å²) in [5.41, 5.74) is 7.34. The number of β-amino-alcohol motifs (C(OH)–C–C–N with tert-alkyl or cyclic N) is 1. The van der Waals surface area contributed by atoms with Gasteiger partial charge in [-0.15, -0.1) is 32.9 Å². The van der Waals surface area contributed by atoms with Crippen LogP contribution < -0.4 is 10.2 Å². The number of thiophene rings is 1. The minimum atomic E-state index is -0.646. The minimum absolute atomic E-state index is 0.102. The van der Waals surface area contributed by atoms with E-state index in [0.717, 1.165) is 62.0 Å². The molecule has 7 heterocycles. The zero-order valence-corrected chi connectivity index (χ0v) is 39.5. The molecule has 13 nitrogen and oxygen atoms in total. The Morgan fingerprint density at radius 2 is 1.74 bits per heavy atom. The number of fused-ring (bicyclic) bond motifs is 1. The number of aryl methyl sites for hydroxylation is 3. The van der Waals surface area contributed by atoms with Crippen molar-refractivity contribution >= 4 is 62.6 Å². The zero-order valence-electron chi connectivity index (χ0n) is 37.1. The molecule has 0 saturated carbocycles. The van der Waals surface area contributed by atoms with Crippen molar-refractivity contribution in [3.8, 4) is 38.7 Å². The van der Waals surface area contributed by atoms with Crippen LogP contribution in [0.5, 0.6) is 5.75 Å². The molecule has 2 aliphatic heterocycles. The van der Waals surface area contributed by atoms with Crippen LogP contribution in [-0.2, 0) is 9.59 Å². The van der Waals surface area contributed by atoms with Gasteiger partial charge < -0.3 is 29.9 Å². The number of piperidine rings is 1. The lowest BCUT2D eigenvalue weighted by molar-refractivity contribution is -0.133. The lowest BCUT2D eigenvalue weighted by Gasteiger charge is -2.39. The molecule has 5 aromatic heterocycles. The first-order chi connectivity index (χ1) is 31.3. The average molecular weight is 932 g/mol. The summed E-state index contributed by atoms with van der Waals surface area (Å²) in [6, 6.07) is 21.3. The Labute approximate surface area is 390 Å². The predicted molar refractivity (Wildman–Crippen MR) is 255 cm³/mol. The van der Waals surface area contributed by atoms with E-state index in [2.05, 4.69) is 51.6 Å². The van der Waals surface area contributed by atoms with Crippen LogP contribution in [0.25, 0.3) is 43.2 Å². The molecule has 336 valence electrons. The largest absolute Gasteiger partial charge is 0.507 e. The molecule has 7 aromatic rings. The first-order valence-electron chi connectivity index (χ1n) is 22.0. The van der Waals surface area contributed by atoms with E-state index in [1.54, 1.807) is 39.7 Å². The first kappa shape index (κ1) is 44.5. The van der Waals surface area contributed by atoms with Crippen LogP contribution >= 0.6 is 34.3 Å². The highest BCUT2D eigenvalue weighted by molar-refractivity contribution is 7.19. The monoisotopic (exact) mass is 930 g/mol. The Morgan fingerprint density at radius 3 is 2.45 bits per heavy atom. The predicted octanol–water partition coefficient (Wildman–Crippen LogP) is 10.1. The summed E-state index contributed by atoms with van der Waals surface area (Å²) in [5, 5.41) is 39.4. The molecule has 16 heteroatoms. The number of hydrogen-bond acceptors (Lipinski definition) is 13. The molecule has 2 saturated heterocycles. The van der Waals surface area contributed by atoms with Crippen LogP contribution in [0.2, 0.25) is 5.02 Å². The maximum Gasteiger partial charge on any atom is 0.233 e. The third-order valence-electron chi connectivity index (χ3n) is 13.0. The number of nitrogens with zero attached hydrogens (tertiary/aromatic N) is 7. The number of phenolic OH excluding ortho intramolecular Hbond substituents is 1. The molecular weight excluding hydrogens is 880 g/mol. The number of para-hydroxylation sites is 1. The lowest BCUT2D eigenvalue weighted by Crippen LogP contribution is -2.37. The molecule has 65 heavy (non-hydrogen) atoms. The first-order valence-corrected chi connectivity index (χ1v) is 24.0. The number of nitrogens with one attached hydrogen (secondary N) is 1. The smallest absolute Gasteiger partial charge is 0.233 e. The minimum Gasteiger partial charge on any atom is -0.507 e. The molecule has 0 spiro atoms. The van der Waals surface area contributed by atoms with Gasteiger partial charge in [-0.2, -0.15) is 0 Å². The standard InChI is InChI=1S/C49H51ClN8O5S2/c1-25(2)41(49(62)57-19-18-33(60)23-57)44-42(50)43(56-63-44)34-15-16-40(52-28(34)5)58-20-17-32(45-26(3)36-22-37(54-55-47(36)64-45)35-9-7-8-10-39(35)61)21-38(58)48-53-29(6)46(65-48)31-13-11-30(12-14-31)27(4)51-24-59/h7-16,22,24-25,27,32-33,38,41,60-61H,17-21,23H2,1-6H3,(H,51,59)/t27-,32?,33+,38?,41+/m0/s1. The summed E-state index contributed by atoms with van der Waals surface area (Å²) in [6.45, 7) is 13.5. The number of carbonyl (C=O) groups excluding carboxylic acids is 2. The highest BCUT2D eigenvalue weighted by atomic mass is 35.5. The fourth-order valence-corrected chi connectivity index (χ4v) is 12.1. The summed E-state index contributed by atoms with van der Waals surface area (Å²) in [7, 11) is 0. The van der Waals surface area contributed by atoms with E-state index in [1.165, 1.54) is 10.4 Å². The van der Waals surface area contributed by atoms with E-state index in [1.807, 2.05) is 70.2 Å². The number of aliphatic hydroxyl groups is 1. The molecule has 3 N–H and O–H groups in total. The molecular formula is C49H51ClN8O5S2. The summed E-state index contributed by atoms with van der Waals surface area (Å²) >= 11 is 10.4. The number of phenols is 1. The van der Waals surface area contributed by atoms with Crippen molar-refractivity contribution in [2.24, 2.45) is 5.92 Å². The summed E-state index contributed by atoms with van der Waals surface area (Å²) in [5.74, 6) is 0.606. The second kappa shape index (κ2) is 18.3. The van der Waals surface area contributed by atoms with Gasteiger partial charge in [0, 0.05) is 46.7 Å². The number of hydrogen-bond donors (Lipinski definition) is 3. The van der Waals surface area contributed by atoms with E-state index in [0.29, 0.717) is 60.0 Å². The summed E-state index contributed by atoms with van der Waals surface area (Å²) < 4.78 is 5.88. The van der Waals surface area contributed by atoms with Gasteiger partial charge in [0.1, 0.15) is 38.0 Å². The Morgan fingerprint density at radius 1 is 0.954 bits per heavy atom. The molecule has 9 rings (SSSR count). The van der Waals surface area contributed by atoms with Crippen molar-refractivity contribution in [1.82, 2.24) is 35.5 Å². The number of likely N-dealkylation sites (tertiary alicyclic amines) is 1. The topological polar surface area (TPSA) is 171 Å². The quantitative estimate of drug-likeness (QED) is 0.0997. The van der Waals surface area contributed by atoms with Gasteiger partial charge in [-0.1, -0.05) is 67.0 Å². The van der Waals surface area contributed by atoms with Crippen LogP contribution in [0.1, 0.15) is 102 Å². The fraction of sp³-hybridized carbons (Fsp3) is 0.367. The van der Waals surface area contributed by atoms with Crippen molar-refractivity contribution in [3.05, 3.63) is 110 Å². The van der Waals surface area contributed by atoms with Gasteiger partial charge in [-0.25, -0.2) is 9.97 Å². The summed E-state index contributed by atoms with van der Waals surface area (Å²) in [4.78, 5) is 42.5. The van der Waals surface area contributed by atoms with Gasteiger partial charge in [0.15, 0.2) is 5.76 Å². The Kier molecular flexibility index (Phi) is 12.5. The van der Waals surface area contributed by atoms with Crippen LogP contribution in [0, 0.1) is 26.7 Å². The number of benzene rings is 2. The maximum absolute atomic E-state index is 13.7. The number of rotatable bonds is 12. The van der Waals surface area contributed by atoms with Gasteiger partial charge in [0.2, 0.25) is 12.3 Å². The molecule has 2 amide bonds. The van der Waals surface area contributed by atoms with E-state index in [-0.39, 0.29) is 40.6 Å². The fourth-order valence-electron chi connectivity index (χ4n) is 9.36. The molecule has 2 aliphatic rings. The van der Waals surface area contributed by atoms with Crippen molar-refractivity contribution in [2.75, 3.05) is 24.5 Å². The molecule has 5 atom stereocenters. The number of carbonyl (C=O) groups is 2. The van der Waals surface area contributed by atoms with E-state index >= 15 is 0 Å². The normalized spacial score (nSPS) is 18.7. The second-order valence-electron chi connectivity index (χ2n) is 17.5. The number of aromatic nitrogens is 5. The highest BCUT2D eigenvalue weighted by Crippen LogP contribution is 2.49. The number of halogens is 1. The third kappa shape index (κ3) is 8.50. The number of amides is 2. The highest BCUT2D eigenvalue weighted by Gasteiger charge is 2.39. The zero-order chi connectivity index (χ0) is 45.7. The Hall–Kier alpha value is -5.74. The number of aromatic hydroxyl groups is 1. The number of anilines is 1. The van der Waals surface area contributed by atoms with E-state index in [9.17, 15) is 19.8 Å². The van der Waals surface area contributed by atoms with Crippen LogP contribution in [0.4, 0.5) is 5.82 Å². The van der Waals surface area contributed by atoms with Gasteiger partial charge >= 0.3 is 0 Å². The Bertz CT molecular complexity index is 2900. The van der Waals surface area contributed by atoms with Gasteiger partial charge in [0.05, 0.1) is 34.5 Å². The van der Waals surface area contributed by atoms with E-state index in [4.69, 9.17) is 26.1 Å². The Balaban J connectivity index is 1.05. The van der Waals surface area contributed by atoms with Crippen molar-refractivity contribution < 1.29 is 24.3 Å². The lowest BCUT2D eigenvalue weighted by atomic mass is 9.87. The van der Waals surface area contributed by atoms with Gasteiger partial charge in [-0.05, 0) is 106 Å². The maximum atomic E-state index is 13.7. The number of aliphatic hydroxyl groups excluding tert-OH is 1. The molecule has 2 aromatic carbocycles. The van der Waals surface area contributed by atoms with Crippen molar-refractivity contribution in [1.29, 1.82) is 0 Å². The van der Waals surface area contributed by atoms with Crippen molar-refractivity contribution in [2.45, 2.75) is 90.8 Å². The molecule has 0 aliphatic carbocycles. The molecule has 2 unspecified atom stereocenters. The molecule has 0 radical (unpaired) electrons. The van der Waals surface area contributed by atoms with E-state index < -0.39 is 12.0 Å². The van der Waals surface area contributed by atoms with Gasteiger partial charge in [0.25, 0.3) is 0 Å². The van der Waals surface area contributed by atoms with Crippen molar-refractivity contribution in [3.63, 3.8) is 0 Å².